The first-order chi connectivity index (χ1) is 7.70. The number of halogens is 1. The normalized spacial score (nSPS) is 24.4. The van der Waals surface area contributed by atoms with Gasteiger partial charge in [-0.3, -0.25) is 0 Å². The van der Waals surface area contributed by atoms with Crippen LogP contribution < -0.4 is 15.8 Å². The summed E-state index contributed by atoms with van der Waals surface area (Å²) >= 11 is 5.97. The lowest BCUT2D eigenvalue weighted by molar-refractivity contribution is 0.415. The molecule has 0 heterocycles. The molecule has 0 aromatic heterocycles. The summed E-state index contributed by atoms with van der Waals surface area (Å²) in [4.78, 5) is 0. The standard InChI is InChI=1S/C12H17ClN2O/c1-16-12-6-5-8(13)7-11(12)15-10-4-2-3-9(10)14/h5-7,9-10,15H,2-4,14H2,1H3/t9-,10+/m1/s1. The maximum Gasteiger partial charge on any atom is 0.142 e. The SMILES string of the molecule is COc1ccc(Cl)cc1N[C@H]1CCC[C@H]1N. The van der Waals surface area contributed by atoms with Crippen molar-refractivity contribution in [3.05, 3.63) is 23.2 Å². The number of ether oxygens (including phenoxy) is 1. The lowest BCUT2D eigenvalue weighted by Crippen LogP contribution is -2.35. The molecule has 3 N–H and O–H groups in total. The van der Waals surface area contributed by atoms with Gasteiger partial charge in [0.15, 0.2) is 0 Å². The Morgan fingerprint density at radius 3 is 2.88 bits per heavy atom. The molecule has 3 nitrogen and oxygen atoms in total. The lowest BCUT2D eigenvalue weighted by Gasteiger charge is -2.20. The van der Waals surface area contributed by atoms with Crippen LogP contribution in [0.1, 0.15) is 19.3 Å². The van der Waals surface area contributed by atoms with E-state index in [1.54, 1.807) is 7.11 Å². The number of rotatable bonds is 3. The van der Waals surface area contributed by atoms with E-state index in [-0.39, 0.29) is 6.04 Å². The molecule has 0 saturated heterocycles. The molecule has 0 spiro atoms. The Kier molecular flexibility index (Phi) is 3.56. The Morgan fingerprint density at radius 2 is 2.25 bits per heavy atom. The topological polar surface area (TPSA) is 47.3 Å². The molecule has 0 radical (unpaired) electrons. The fourth-order valence-corrected chi connectivity index (χ4v) is 2.33. The van der Waals surface area contributed by atoms with Crippen molar-refractivity contribution in [2.24, 2.45) is 5.73 Å². The molecule has 1 saturated carbocycles. The molecule has 0 amide bonds. The van der Waals surface area contributed by atoms with Crippen molar-refractivity contribution in [1.82, 2.24) is 0 Å². The minimum Gasteiger partial charge on any atom is -0.495 e. The molecule has 0 bridgehead atoms. The van der Waals surface area contributed by atoms with Crippen molar-refractivity contribution < 1.29 is 4.74 Å². The number of methoxy groups -OCH3 is 1. The van der Waals surface area contributed by atoms with Crippen LogP contribution in [0.4, 0.5) is 5.69 Å². The highest BCUT2D eigenvalue weighted by Crippen LogP contribution is 2.30. The van der Waals surface area contributed by atoms with E-state index in [1.165, 1.54) is 6.42 Å². The second-order valence-corrected chi connectivity index (χ2v) is 4.63. The van der Waals surface area contributed by atoms with Crippen LogP contribution in [-0.2, 0) is 0 Å². The van der Waals surface area contributed by atoms with E-state index >= 15 is 0 Å². The van der Waals surface area contributed by atoms with E-state index in [1.807, 2.05) is 18.2 Å². The number of nitrogens with two attached hydrogens (primary N) is 1. The third kappa shape index (κ3) is 2.42. The third-order valence-electron chi connectivity index (χ3n) is 3.07. The van der Waals surface area contributed by atoms with E-state index in [0.717, 1.165) is 24.3 Å². The van der Waals surface area contributed by atoms with Crippen LogP contribution in [0, 0.1) is 0 Å². The number of nitrogens with one attached hydrogen (secondary N) is 1. The van der Waals surface area contributed by atoms with Gasteiger partial charge in [-0.25, -0.2) is 0 Å². The first-order valence-electron chi connectivity index (χ1n) is 5.56. The zero-order valence-electron chi connectivity index (χ0n) is 9.37. The Labute approximate surface area is 101 Å². The predicted octanol–water partition coefficient (Wildman–Crippen LogP) is 2.64. The van der Waals surface area contributed by atoms with Crippen molar-refractivity contribution in [3.8, 4) is 5.75 Å². The minimum atomic E-state index is 0.226. The largest absolute Gasteiger partial charge is 0.495 e. The lowest BCUT2D eigenvalue weighted by atomic mass is 10.1. The maximum atomic E-state index is 6.02. The highest BCUT2D eigenvalue weighted by molar-refractivity contribution is 6.30. The van der Waals surface area contributed by atoms with Gasteiger partial charge in [0.1, 0.15) is 5.75 Å². The predicted molar refractivity (Wildman–Crippen MR) is 67.2 cm³/mol. The van der Waals surface area contributed by atoms with Crippen molar-refractivity contribution in [3.63, 3.8) is 0 Å². The summed E-state index contributed by atoms with van der Waals surface area (Å²) in [7, 11) is 1.66. The summed E-state index contributed by atoms with van der Waals surface area (Å²) in [6.45, 7) is 0. The van der Waals surface area contributed by atoms with Gasteiger partial charge in [0, 0.05) is 17.1 Å². The molecule has 1 aromatic carbocycles. The Bertz CT molecular complexity index is 370. The molecule has 1 aliphatic carbocycles. The molecule has 2 atom stereocenters. The van der Waals surface area contributed by atoms with Gasteiger partial charge in [-0.2, -0.15) is 0 Å². The molecular weight excluding hydrogens is 224 g/mol. The second-order valence-electron chi connectivity index (χ2n) is 4.19. The molecule has 16 heavy (non-hydrogen) atoms. The molecule has 2 rings (SSSR count). The van der Waals surface area contributed by atoms with Gasteiger partial charge >= 0.3 is 0 Å². The van der Waals surface area contributed by atoms with Crippen LogP contribution in [-0.4, -0.2) is 19.2 Å². The summed E-state index contributed by atoms with van der Waals surface area (Å²) in [5, 5.41) is 4.12. The summed E-state index contributed by atoms with van der Waals surface area (Å²) in [6, 6.07) is 6.12. The van der Waals surface area contributed by atoms with E-state index < -0.39 is 0 Å². The molecule has 1 aliphatic rings. The van der Waals surface area contributed by atoms with Crippen LogP contribution >= 0.6 is 11.6 Å². The molecule has 1 aromatic rings. The van der Waals surface area contributed by atoms with Gasteiger partial charge in [0.05, 0.1) is 12.8 Å². The fraction of sp³-hybridized carbons (Fsp3) is 0.500. The van der Waals surface area contributed by atoms with Crippen LogP contribution in [0.5, 0.6) is 5.75 Å². The van der Waals surface area contributed by atoms with E-state index in [4.69, 9.17) is 22.1 Å². The monoisotopic (exact) mass is 240 g/mol. The van der Waals surface area contributed by atoms with Crippen LogP contribution in [0.15, 0.2) is 18.2 Å². The van der Waals surface area contributed by atoms with Gasteiger partial charge in [-0.1, -0.05) is 11.6 Å². The van der Waals surface area contributed by atoms with E-state index in [0.29, 0.717) is 11.1 Å². The zero-order valence-corrected chi connectivity index (χ0v) is 10.1. The summed E-state index contributed by atoms with van der Waals surface area (Å²) in [5.41, 5.74) is 6.95. The summed E-state index contributed by atoms with van der Waals surface area (Å²) in [5.74, 6) is 0.809. The fourth-order valence-electron chi connectivity index (χ4n) is 2.16. The molecule has 0 aliphatic heterocycles. The molecule has 88 valence electrons. The van der Waals surface area contributed by atoms with Gasteiger partial charge in [0.25, 0.3) is 0 Å². The van der Waals surface area contributed by atoms with E-state index in [9.17, 15) is 0 Å². The summed E-state index contributed by atoms with van der Waals surface area (Å²) < 4.78 is 5.28. The highest BCUT2D eigenvalue weighted by atomic mass is 35.5. The smallest absolute Gasteiger partial charge is 0.142 e. The molecule has 1 fully saturated rings. The van der Waals surface area contributed by atoms with Crippen molar-refractivity contribution >= 4 is 17.3 Å². The zero-order chi connectivity index (χ0) is 11.5. The number of hydrogen-bond acceptors (Lipinski definition) is 3. The average Bonchev–Trinajstić information content (AvgIpc) is 2.65. The first-order valence-corrected chi connectivity index (χ1v) is 5.94. The Balaban J connectivity index is 2.16. The minimum absolute atomic E-state index is 0.226. The number of hydrogen-bond donors (Lipinski definition) is 2. The first kappa shape index (κ1) is 11.6. The molecular formula is C12H17ClN2O. The van der Waals surface area contributed by atoms with Gasteiger partial charge < -0.3 is 15.8 Å². The quantitative estimate of drug-likeness (QED) is 0.854. The van der Waals surface area contributed by atoms with Crippen molar-refractivity contribution in [1.29, 1.82) is 0 Å². The molecule has 0 unspecified atom stereocenters. The highest BCUT2D eigenvalue weighted by Gasteiger charge is 2.24. The van der Waals surface area contributed by atoms with Crippen LogP contribution in [0.25, 0.3) is 0 Å². The van der Waals surface area contributed by atoms with Gasteiger partial charge in [0.2, 0.25) is 0 Å². The third-order valence-corrected chi connectivity index (χ3v) is 3.31. The number of benzene rings is 1. The van der Waals surface area contributed by atoms with Crippen molar-refractivity contribution in [2.45, 2.75) is 31.3 Å². The summed E-state index contributed by atoms with van der Waals surface area (Å²) in [6.07, 6.45) is 3.37. The number of anilines is 1. The molecule has 4 heteroatoms. The van der Waals surface area contributed by atoms with Crippen LogP contribution in [0.3, 0.4) is 0 Å². The van der Waals surface area contributed by atoms with Gasteiger partial charge in [-0.05, 0) is 37.5 Å². The Morgan fingerprint density at radius 1 is 1.44 bits per heavy atom. The van der Waals surface area contributed by atoms with Crippen molar-refractivity contribution in [2.75, 3.05) is 12.4 Å². The second kappa shape index (κ2) is 4.93. The Hall–Kier alpha value is -0.930. The van der Waals surface area contributed by atoms with Gasteiger partial charge in [-0.15, -0.1) is 0 Å². The van der Waals surface area contributed by atoms with E-state index in [2.05, 4.69) is 5.32 Å². The average molecular weight is 241 g/mol. The van der Waals surface area contributed by atoms with Crippen LogP contribution in [0.2, 0.25) is 5.02 Å². The maximum absolute atomic E-state index is 6.02.